The molecule has 106 valence electrons. The number of carbonyl (C=O) groups is 4. The van der Waals surface area contributed by atoms with Gasteiger partial charge in [0.2, 0.25) is 5.91 Å². The second-order valence-electron chi connectivity index (χ2n) is 4.45. The Morgan fingerprint density at radius 1 is 1.40 bits per heavy atom. The van der Waals surface area contributed by atoms with Crippen LogP contribution in [0.1, 0.15) is 27.8 Å². The Bertz CT molecular complexity index is 592. The Kier molecular flexibility index (Phi) is 3.55. The number of ketones is 1. The molecule has 0 aliphatic carbocycles. The number of rotatable bonds is 3. The van der Waals surface area contributed by atoms with E-state index in [-0.39, 0.29) is 24.6 Å². The van der Waals surface area contributed by atoms with Crippen molar-refractivity contribution in [2.45, 2.75) is 13.0 Å². The Morgan fingerprint density at radius 3 is 2.65 bits per heavy atom. The topological polar surface area (TPSA) is 120 Å². The van der Waals surface area contributed by atoms with E-state index in [9.17, 15) is 19.2 Å². The summed E-state index contributed by atoms with van der Waals surface area (Å²) in [6.45, 7) is 0.885. The number of aromatic amines is 1. The van der Waals surface area contributed by atoms with Crippen molar-refractivity contribution in [1.82, 2.24) is 15.2 Å². The molecule has 1 fully saturated rings. The summed E-state index contributed by atoms with van der Waals surface area (Å²) in [5, 5.41) is 11.5. The number of aliphatic carboxylic acids is 1. The van der Waals surface area contributed by atoms with Crippen LogP contribution in [0.2, 0.25) is 0 Å². The van der Waals surface area contributed by atoms with E-state index >= 15 is 0 Å². The molecule has 1 atom stereocenters. The van der Waals surface area contributed by atoms with E-state index in [2.05, 4.69) is 10.3 Å². The lowest BCUT2D eigenvalue weighted by atomic mass is 10.1. The van der Waals surface area contributed by atoms with Crippen molar-refractivity contribution in [3.05, 3.63) is 23.5 Å². The zero-order valence-electron chi connectivity index (χ0n) is 10.7. The summed E-state index contributed by atoms with van der Waals surface area (Å²) in [5.41, 5.74) is 0.401. The van der Waals surface area contributed by atoms with Gasteiger partial charge in [-0.3, -0.25) is 14.4 Å². The molecule has 1 aliphatic heterocycles. The van der Waals surface area contributed by atoms with Crippen LogP contribution < -0.4 is 5.32 Å². The molecule has 20 heavy (non-hydrogen) atoms. The SMILES string of the molecule is CC(=O)c1c[nH]c(C(=O)N2CC(=O)NCC2C(=O)O)c1. The Labute approximate surface area is 113 Å². The number of Topliss-reactive ketones (excluding diaryl/α,β-unsaturated/α-hetero) is 1. The molecule has 2 heterocycles. The number of piperazine rings is 1. The van der Waals surface area contributed by atoms with Gasteiger partial charge in [-0.2, -0.15) is 0 Å². The number of nitrogens with one attached hydrogen (secondary N) is 2. The van der Waals surface area contributed by atoms with Crippen LogP contribution in [0.25, 0.3) is 0 Å². The number of carboxylic acid groups (broad SMARTS) is 1. The van der Waals surface area contributed by atoms with Gasteiger partial charge < -0.3 is 20.3 Å². The van der Waals surface area contributed by atoms with Gasteiger partial charge in [-0.05, 0) is 13.0 Å². The van der Waals surface area contributed by atoms with E-state index in [0.717, 1.165) is 4.90 Å². The van der Waals surface area contributed by atoms with E-state index in [0.29, 0.717) is 5.56 Å². The van der Waals surface area contributed by atoms with Crippen LogP contribution in [-0.4, -0.2) is 57.7 Å². The highest BCUT2D eigenvalue weighted by Crippen LogP contribution is 2.12. The zero-order chi connectivity index (χ0) is 14.9. The van der Waals surface area contributed by atoms with Crippen molar-refractivity contribution in [2.24, 2.45) is 0 Å². The first-order valence-electron chi connectivity index (χ1n) is 5.90. The van der Waals surface area contributed by atoms with Gasteiger partial charge in [0.1, 0.15) is 18.3 Å². The first-order chi connectivity index (χ1) is 9.40. The Balaban J connectivity index is 2.26. The maximum atomic E-state index is 12.2. The van der Waals surface area contributed by atoms with E-state index in [1.165, 1.54) is 19.2 Å². The first kappa shape index (κ1) is 13.8. The van der Waals surface area contributed by atoms with Crippen molar-refractivity contribution in [2.75, 3.05) is 13.1 Å². The summed E-state index contributed by atoms with van der Waals surface area (Å²) in [6, 6.07) is 0.222. The third kappa shape index (κ3) is 2.53. The van der Waals surface area contributed by atoms with Crippen LogP contribution in [0.15, 0.2) is 12.3 Å². The van der Waals surface area contributed by atoms with Gasteiger partial charge >= 0.3 is 5.97 Å². The van der Waals surface area contributed by atoms with Gasteiger partial charge in [-0.15, -0.1) is 0 Å². The minimum atomic E-state index is -1.20. The molecule has 8 heteroatoms. The van der Waals surface area contributed by atoms with Crippen LogP contribution in [0.4, 0.5) is 0 Å². The number of hydrogen-bond acceptors (Lipinski definition) is 4. The van der Waals surface area contributed by atoms with Gasteiger partial charge in [0, 0.05) is 18.3 Å². The van der Waals surface area contributed by atoms with Crippen LogP contribution in [0, 0.1) is 0 Å². The number of carbonyl (C=O) groups excluding carboxylic acids is 3. The number of H-pyrrole nitrogens is 1. The van der Waals surface area contributed by atoms with Crippen molar-refractivity contribution < 1.29 is 24.3 Å². The first-order valence-corrected chi connectivity index (χ1v) is 5.90. The van der Waals surface area contributed by atoms with E-state index in [1.54, 1.807) is 0 Å². The predicted octanol–water partition coefficient (Wildman–Crippen LogP) is -0.757. The quantitative estimate of drug-likeness (QED) is 0.628. The zero-order valence-corrected chi connectivity index (χ0v) is 10.7. The third-order valence-electron chi connectivity index (χ3n) is 3.05. The molecular weight excluding hydrogens is 266 g/mol. The lowest BCUT2D eigenvalue weighted by molar-refractivity contribution is -0.144. The van der Waals surface area contributed by atoms with E-state index in [1.807, 2.05) is 0 Å². The summed E-state index contributed by atoms with van der Waals surface area (Å²) in [5.74, 6) is -2.46. The molecule has 2 rings (SSSR count). The minimum absolute atomic E-state index is 0.0798. The lowest BCUT2D eigenvalue weighted by Gasteiger charge is -2.32. The summed E-state index contributed by atoms with van der Waals surface area (Å²) >= 11 is 0. The van der Waals surface area contributed by atoms with Gasteiger partial charge in [-0.25, -0.2) is 4.79 Å². The third-order valence-corrected chi connectivity index (χ3v) is 3.05. The van der Waals surface area contributed by atoms with E-state index < -0.39 is 23.8 Å². The largest absolute Gasteiger partial charge is 0.480 e. The van der Waals surface area contributed by atoms with Crippen molar-refractivity contribution >= 4 is 23.6 Å². The van der Waals surface area contributed by atoms with Gasteiger partial charge in [0.25, 0.3) is 5.91 Å². The van der Waals surface area contributed by atoms with Gasteiger partial charge in [0.15, 0.2) is 5.78 Å². The Hall–Kier alpha value is -2.64. The Morgan fingerprint density at radius 2 is 2.10 bits per heavy atom. The summed E-state index contributed by atoms with van der Waals surface area (Å²) < 4.78 is 0. The summed E-state index contributed by atoms with van der Waals surface area (Å²) in [4.78, 5) is 49.4. The molecule has 1 aliphatic rings. The molecule has 2 amide bonds. The molecule has 0 aromatic carbocycles. The minimum Gasteiger partial charge on any atom is -0.480 e. The molecule has 0 saturated carbocycles. The maximum absolute atomic E-state index is 12.2. The average Bonchev–Trinajstić information content (AvgIpc) is 2.87. The highest BCUT2D eigenvalue weighted by Gasteiger charge is 2.36. The van der Waals surface area contributed by atoms with E-state index in [4.69, 9.17) is 5.11 Å². The molecule has 1 unspecified atom stereocenters. The molecule has 8 nitrogen and oxygen atoms in total. The molecule has 0 radical (unpaired) electrons. The number of nitrogens with zero attached hydrogens (tertiary/aromatic N) is 1. The molecule has 0 spiro atoms. The fraction of sp³-hybridized carbons (Fsp3) is 0.333. The molecular formula is C12H13N3O5. The average molecular weight is 279 g/mol. The molecule has 3 N–H and O–H groups in total. The lowest BCUT2D eigenvalue weighted by Crippen LogP contribution is -2.59. The predicted molar refractivity (Wildman–Crippen MR) is 66.3 cm³/mol. The summed E-state index contributed by atoms with van der Waals surface area (Å²) in [7, 11) is 0. The standard InChI is InChI=1S/C12H13N3O5/c1-6(16)7-2-8(13-3-7)11(18)15-5-10(17)14-4-9(15)12(19)20/h2-3,9,13H,4-5H2,1H3,(H,14,17)(H,19,20). The molecule has 1 aromatic rings. The smallest absolute Gasteiger partial charge is 0.328 e. The number of amides is 2. The second-order valence-corrected chi connectivity index (χ2v) is 4.45. The van der Waals surface area contributed by atoms with Crippen molar-refractivity contribution in [3.8, 4) is 0 Å². The highest BCUT2D eigenvalue weighted by molar-refractivity contribution is 6.01. The van der Waals surface area contributed by atoms with Crippen molar-refractivity contribution in [3.63, 3.8) is 0 Å². The normalized spacial score (nSPS) is 18.6. The number of aromatic nitrogens is 1. The van der Waals surface area contributed by atoms with Crippen molar-refractivity contribution in [1.29, 1.82) is 0 Å². The fourth-order valence-corrected chi connectivity index (χ4v) is 1.95. The number of carboxylic acids is 1. The van der Waals surface area contributed by atoms with Crippen LogP contribution in [-0.2, 0) is 9.59 Å². The maximum Gasteiger partial charge on any atom is 0.328 e. The van der Waals surface area contributed by atoms with Crippen LogP contribution in [0.5, 0.6) is 0 Å². The van der Waals surface area contributed by atoms with Gasteiger partial charge in [-0.1, -0.05) is 0 Å². The monoisotopic (exact) mass is 279 g/mol. The molecule has 1 aromatic heterocycles. The fourth-order valence-electron chi connectivity index (χ4n) is 1.95. The number of hydrogen-bond donors (Lipinski definition) is 3. The van der Waals surface area contributed by atoms with Gasteiger partial charge in [0.05, 0.1) is 0 Å². The highest BCUT2D eigenvalue weighted by atomic mass is 16.4. The molecule has 1 saturated heterocycles. The van der Waals surface area contributed by atoms with Crippen LogP contribution in [0.3, 0.4) is 0 Å². The van der Waals surface area contributed by atoms with Crippen LogP contribution >= 0.6 is 0 Å². The molecule has 0 bridgehead atoms. The second kappa shape index (κ2) is 5.16. The summed E-state index contributed by atoms with van der Waals surface area (Å²) in [6.07, 6.45) is 1.37.